The quantitative estimate of drug-likeness (QED) is 0.889. The first-order valence-electron chi connectivity index (χ1n) is 6.56. The van der Waals surface area contributed by atoms with E-state index in [1.54, 1.807) is 0 Å². The van der Waals surface area contributed by atoms with Gasteiger partial charge in [-0.25, -0.2) is 0 Å². The molecule has 1 aromatic rings. The minimum atomic E-state index is -0.662. The summed E-state index contributed by atoms with van der Waals surface area (Å²) in [6, 6.07) is 10.2. The SMILES string of the molecule is CC[C@H]1CN(Cc2ccccc2)C[C@]1(C)C(=O)O. The van der Waals surface area contributed by atoms with Crippen LogP contribution in [0.3, 0.4) is 0 Å². The molecule has 1 aromatic carbocycles. The zero-order chi connectivity index (χ0) is 13.2. The lowest BCUT2D eigenvalue weighted by Crippen LogP contribution is -2.35. The molecule has 98 valence electrons. The summed E-state index contributed by atoms with van der Waals surface area (Å²) < 4.78 is 0. The van der Waals surface area contributed by atoms with Crippen molar-refractivity contribution in [2.24, 2.45) is 11.3 Å². The Balaban J connectivity index is 2.08. The van der Waals surface area contributed by atoms with E-state index in [0.29, 0.717) is 6.54 Å². The summed E-state index contributed by atoms with van der Waals surface area (Å²) in [4.78, 5) is 13.7. The van der Waals surface area contributed by atoms with Gasteiger partial charge < -0.3 is 5.11 Å². The maximum Gasteiger partial charge on any atom is 0.310 e. The van der Waals surface area contributed by atoms with Crippen molar-refractivity contribution in [2.45, 2.75) is 26.8 Å². The molecule has 1 aliphatic heterocycles. The molecule has 0 bridgehead atoms. The van der Waals surface area contributed by atoms with Crippen molar-refractivity contribution >= 4 is 5.97 Å². The fraction of sp³-hybridized carbons (Fsp3) is 0.533. The maximum atomic E-state index is 11.5. The Morgan fingerprint density at radius 1 is 1.44 bits per heavy atom. The first kappa shape index (κ1) is 13.1. The number of hydrogen-bond donors (Lipinski definition) is 1. The summed E-state index contributed by atoms with van der Waals surface area (Å²) in [5, 5.41) is 9.43. The van der Waals surface area contributed by atoms with E-state index in [2.05, 4.69) is 24.0 Å². The van der Waals surface area contributed by atoms with Gasteiger partial charge in [-0.05, 0) is 18.4 Å². The van der Waals surface area contributed by atoms with Gasteiger partial charge in [0, 0.05) is 19.6 Å². The lowest BCUT2D eigenvalue weighted by molar-refractivity contribution is -0.149. The first-order chi connectivity index (χ1) is 8.56. The highest BCUT2D eigenvalue weighted by Gasteiger charge is 2.47. The lowest BCUT2D eigenvalue weighted by Gasteiger charge is -2.24. The molecule has 18 heavy (non-hydrogen) atoms. The molecule has 0 radical (unpaired) electrons. The summed E-state index contributed by atoms with van der Waals surface area (Å²) in [5.41, 5.74) is 0.658. The first-order valence-corrected chi connectivity index (χ1v) is 6.56. The van der Waals surface area contributed by atoms with Gasteiger partial charge in [0.15, 0.2) is 0 Å². The Bertz CT molecular complexity index is 418. The van der Waals surface area contributed by atoms with Crippen LogP contribution in [0.25, 0.3) is 0 Å². The van der Waals surface area contributed by atoms with E-state index >= 15 is 0 Å². The average molecular weight is 247 g/mol. The third-order valence-electron chi connectivity index (χ3n) is 4.16. The molecule has 1 fully saturated rings. The van der Waals surface area contributed by atoms with Crippen LogP contribution < -0.4 is 0 Å². The van der Waals surface area contributed by atoms with Gasteiger partial charge in [-0.1, -0.05) is 43.7 Å². The fourth-order valence-electron chi connectivity index (χ4n) is 2.96. The van der Waals surface area contributed by atoms with Crippen LogP contribution in [0.4, 0.5) is 0 Å². The van der Waals surface area contributed by atoms with Crippen LogP contribution >= 0.6 is 0 Å². The van der Waals surface area contributed by atoms with E-state index in [-0.39, 0.29) is 5.92 Å². The van der Waals surface area contributed by atoms with Crippen LogP contribution in [-0.2, 0) is 11.3 Å². The van der Waals surface area contributed by atoms with Gasteiger partial charge >= 0.3 is 5.97 Å². The zero-order valence-corrected chi connectivity index (χ0v) is 11.1. The largest absolute Gasteiger partial charge is 0.481 e. The summed E-state index contributed by atoms with van der Waals surface area (Å²) in [7, 11) is 0. The van der Waals surface area contributed by atoms with Crippen molar-refractivity contribution in [1.29, 1.82) is 0 Å². The molecule has 3 heteroatoms. The van der Waals surface area contributed by atoms with Crippen molar-refractivity contribution in [3.8, 4) is 0 Å². The fourth-order valence-corrected chi connectivity index (χ4v) is 2.96. The molecule has 0 spiro atoms. The van der Waals surface area contributed by atoms with E-state index in [9.17, 15) is 9.90 Å². The Morgan fingerprint density at radius 3 is 2.61 bits per heavy atom. The molecule has 1 saturated heterocycles. The van der Waals surface area contributed by atoms with Crippen LogP contribution in [0.1, 0.15) is 25.8 Å². The third-order valence-corrected chi connectivity index (χ3v) is 4.16. The smallest absolute Gasteiger partial charge is 0.310 e. The third kappa shape index (κ3) is 2.41. The highest BCUT2D eigenvalue weighted by atomic mass is 16.4. The van der Waals surface area contributed by atoms with Gasteiger partial charge in [0.25, 0.3) is 0 Å². The summed E-state index contributed by atoms with van der Waals surface area (Å²) in [6.45, 7) is 6.34. The van der Waals surface area contributed by atoms with Crippen LogP contribution in [-0.4, -0.2) is 29.1 Å². The highest BCUT2D eigenvalue weighted by Crippen LogP contribution is 2.38. The number of hydrogen-bond acceptors (Lipinski definition) is 2. The number of carboxylic acids is 1. The van der Waals surface area contributed by atoms with Crippen molar-refractivity contribution in [3.05, 3.63) is 35.9 Å². The van der Waals surface area contributed by atoms with Gasteiger partial charge in [-0.3, -0.25) is 9.69 Å². The normalized spacial score (nSPS) is 28.4. The zero-order valence-electron chi connectivity index (χ0n) is 11.1. The molecule has 2 atom stereocenters. The Hall–Kier alpha value is -1.35. The van der Waals surface area contributed by atoms with Crippen LogP contribution in [0.5, 0.6) is 0 Å². The van der Waals surface area contributed by atoms with Gasteiger partial charge in [0.2, 0.25) is 0 Å². The number of carbonyl (C=O) groups is 1. The van der Waals surface area contributed by atoms with E-state index < -0.39 is 11.4 Å². The number of nitrogens with zero attached hydrogens (tertiary/aromatic N) is 1. The maximum absolute atomic E-state index is 11.5. The van der Waals surface area contributed by atoms with Crippen molar-refractivity contribution in [1.82, 2.24) is 4.90 Å². The highest BCUT2D eigenvalue weighted by molar-refractivity contribution is 5.75. The second kappa shape index (κ2) is 5.11. The van der Waals surface area contributed by atoms with Crippen molar-refractivity contribution in [3.63, 3.8) is 0 Å². The van der Waals surface area contributed by atoms with E-state index in [1.807, 2.05) is 25.1 Å². The average Bonchev–Trinajstić information content (AvgIpc) is 2.68. The van der Waals surface area contributed by atoms with Gasteiger partial charge in [0.1, 0.15) is 0 Å². The number of carboxylic acid groups (broad SMARTS) is 1. The Kier molecular flexibility index (Phi) is 3.71. The van der Waals surface area contributed by atoms with Crippen LogP contribution in [0.2, 0.25) is 0 Å². The second-order valence-corrected chi connectivity index (χ2v) is 5.48. The number of rotatable bonds is 4. The standard InChI is InChI=1S/C15H21NO2/c1-3-13-10-16(11-15(13,2)14(17)18)9-12-7-5-4-6-8-12/h4-8,13H,3,9-11H2,1-2H3,(H,17,18)/t13-,15-/m0/s1. The lowest BCUT2D eigenvalue weighted by atomic mass is 9.79. The molecule has 3 nitrogen and oxygen atoms in total. The molecule has 0 aromatic heterocycles. The molecular weight excluding hydrogens is 226 g/mol. The molecule has 1 aliphatic rings. The van der Waals surface area contributed by atoms with Gasteiger partial charge in [-0.15, -0.1) is 0 Å². The molecule has 1 heterocycles. The topological polar surface area (TPSA) is 40.5 Å². The second-order valence-electron chi connectivity index (χ2n) is 5.48. The predicted molar refractivity (Wildman–Crippen MR) is 71.2 cm³/mol. The molecule has 1 N–H and O–H groups in total. The monoisotopic (exact) mass is 247 g/mol. The Morgan fingerprint density at radius 2 is 2.11 bits per heavy atom. The molecule has 0 saturated carbocycles. The summed E-state index contributed by atoms with van der Waals surface area (Å²) >= 11 is 0. The molecule has 0 aliphatic carbocycles. The minimum Gasteiger partial charge on any atom is -0.481 e. The number of benzene rings is 1. The molecule has 0 unspecified atom stereocenters. The Labute approximate surface area is 108 Å². The van der Waals surface area contributed by atoms with E-state index in [0.717, 1.165) is 19.5 Å². The summed E-state index contributed by atoms with van der Waals surface area (Å²) in [6.07, 6.45) is 0.925. The van der Waals surface area contributed by atoms with Crippen molar-refractivity contribution < 1.29 is 9.90 Å². The molecule has 0 amide bonds. The number of aliphatic carboxylic acids is 1. The van der Waals surface area contributed by atoms with E-state index in [4.69, 9.17) is 0 Å². The van der Waals surface area contributed by atoms with Gasteiger partial charge in [-0.2, -0.15) is 0 Å². The molecular formula is C15H21NO2. The van der Waals surface area contributed by atoms with Gasteiger partial charge in [0.05, 0.1) is 5.41 Å². The predicted octanol–water partition coefficient (Wildman–Crippen LogP) is 2.62. The summed E-state index contributed by atoms with van der Waals surface area (Å²) in [5.74, 6) is -0.413. The number of likely N-dealkylation sites (tertiary alicyclic amines) is 1. The van der Waals surface area contributed by atoms with Crippen molar-refractivity contribution in [2.75, 3.05) is 13.1 Å². The van der Waals surface area contributed by atoms with Crippen LogP contribution in [0.15, 0.2) is 30.3 Å². The van der Waals surface area contributed by atoms with Crippen LogP contribution in [0, 0.1) is 11.3 Å². The van der Waals surface area contributed by atoms with E-state index in [1.165, 1.54) is 5.56 Å². The minimum absolute atomic E-state index is 0.249. The molecule has 2 rings (SSSR count).